The highest BCUT2D eigenvalue weighted by atomic mass is 32.1. The average Bonchev–Trinajstić information content (AvgIpc) is 3.02. The maximum atomic E-state index is 5.85. The maximum Gasteiger partial charge on any atom is 0.199 e. The monoisotopic (exact) mass is 357 g/mol. The Morgan fingerprint density at radius 2 is 1.76 bits per heavy atom. The van der Waals surface area contributed by atoms with E-state index in [1.54, 1.807) is 7.11 Å². The van der Waals surface area contributed by atoms with E-state index in [2.05, 4.69) is 10.2 Å². The Bertz CT molecular complexity index is 887. The summed E-state index contributed by atoms with van der Waals surface area (Å²) >= 11 is 5.35. The molecule has 0 amide bonds. The quantitative estimate of drug-likeness (QED) is 0.650. The molecule has 0 saturated heterocycles. The van der Waals surface area contributed by atoms with Crippen molar-refractivity contribution in [1.29, 1.82) is 0 Å². The van der Waals surface area contributed by atoms with Crippen molar-refractivity contribution in [3.05, 3.63) is 59.1 Å². The van der Waals surface area contributed by atoms with E-state index in [-0.39, 0.29) is 6.61 Å². The van der Waals surface area contributed by atoms with Crippen molar-refractivity contribution in [3.63, 3.8) is 0 Å². The number of aromatic amines is 1. The Kier molecular flexibility index (Phi) is 5.35. The molecule has 2 aromatic carbocycles. The van der Waals surface area contributed by atoms with Gasteiger partial charge in [-0.25, -0.2) is 0 Å². The molecule has 7 heteroatoms. The van der Waals surface area contributed by atoms with Gasteiger partial charge in [0.1, 0.15) is 12.4 Å². The first kappa shape index (κ1) is 17.0. The highest BCUT2D eigenvalue weighted by Crippen LogP contribution is 2.26. The minimum atomic E-state index is 0.251. The smallest absolute Gasteiger partial charge is 0.199 e. The number of nitrogens with one attached hydrogen (secondary N) is 1. The Balaban J connectivity index is 1.83. The number of H-pyrrole nitrogens is 1. The van der Waals surface area contributed by atoms with Crippen LogP contribution in [0.4, 0.5) is 0 Å². The first-order chi connectivity index (χ1) is 12.2. The van der Waals surface area contributed by atoms with Crippen LogP contribution in [-0.4, -0.2) is 28.5 Å². The molecule has 0 fully saturated rings. The third-order valence-electron chi connectivity index (χ3n) is 3.57. The zero-order chi connectivity index (χ0) is 17.6. The summed E-state index contributed by atoms with van der Waals surface area (Å²) in [7, 11) is 1.61. The molecule has 3 aromatic rings. The van der Waals surface area contributed by atoms with Crippen molar-refractivity contribution < 1.29 is 14.2 Å². The second-order valence-electron chi connectivity index (χ2n) is 5.15. The molecule has 3 rings (SSSR count). The predicted octanol–water partition coefficient (Wildman–Crippen LogP) is 3.92. The summed E-state index contributed by atoms with van der Waals surface area (Å²) in [4.78, 5) is 0. The number of methoxy groups -OCH3 is 1. The summed E-state index contributed by atoms with van der Waals surface area (Å²) in [5.74, 6) is 2.80. The number of para-hydroxylation sites is 2. The Labute approximate surface area is 151 Å². The molecule has 1 N–H and O–H groups in total. The number of rotatable bonds is 7. The lowest BCUT2D eigenvalue weighted by molar-refractivity contribution is 0.274. The maximum absolute atomic E-state index is 5.85. The van der Waals surface area contributed by atoms with Gasteiger partial charge >= 0.3 is 0 Å². The Morgan fingerprint density at radius 3 is 2.44 bits per heavy atom. The standard InChI is InChI=1S/C18H19N3O3S/c1-3-23-14-10-8-13(9-11-14)21-17(19-20-18(21)25)12-24-16-7-5-4-6-15(16)22-2/h4-11H,3,12H2,1-2H3,(H,20,25). The lowest BCUT2D eigenvalue weighted by atomic mass is 10.3. The number of hydrogen-bond donors (Lipinski definition) is 1. The molecule has 25 heavy (non-hydrogen) atoms. The molecule has 0 aliphatic carbocycles. The molecular formula is C18H19N3O3S. The molecular weight excluding hydrogens is 338 g/mol. The average molecular weight is 357 g/mol. The van der Waals surface area contributed by atoms with E-state index in [1.807, 2.05) is 60.0 Å². The Morgan fingerprint density at radius 1 is 1.04 bits per heavy atom. The molecule has 0 aliphatic heterocycles. The number of aromatic nitrogens is 3. The van der Waals surface area contributed by atoms with Gasteiger partial charge in [0.2, 0.25) is 0 Å². The summed E-state index contributed by atoms with van der Waals surface area (Å²) < 4.78 is 19.0. The zero-order valence-electron chi connectivity index (χ0n) is 14.1. The summed E-state index contributed by atoms with van der Waals surface area (Å²) in [5.41, 5.74) is 0.890. The van der Waals surface area contributed by atoms with Gasteiger partial charge in [-0.15, -0.1) is 0 Å². The van der Waals surface area contributed by atoms with Crippen LogP contribution in [0.2, 0.25) is 0 Å². The summed E-state index contributed by atoms with van der Waals surface area (Å²) in [6, 6.07) is 15.1. The second-order valence-corrected chi connectivity index (χ2v) is 5.53. The fourth-order valence-electron chi connectivity index (χ4n) is 2.43. The van der Waals surface area contributed by atoms with Crippen molar-refractivity contribution in [1.82, 2.24) is 14.8 Å². The van der Waals surface area contributed by atoms with Crippen LogP contribution in [0.15, 0.2) is 48.5 Å². The largest absolute Gasteiger partial charge is 0.494 e. The summed E-state index contributed by atoms with van der Waals surface area (Å²) in [6.07, 6.45) is 0. The fraction of sp³-hybridized carbons (Fsp3) is 0.222. The van der Waals surface area contributed by atoms with Crippen molar-refractivity contribution in [2.75, 3.05) is 13.7 Å². The van der Waals surface area contributed by atoms with Crippen LogP contribution in [0.1, 0.15) is 12.7 Å². The van der Waals surface area contributed by atoms with E-state index in [1.165, 1.54) is 0 Å². The van der Waals surface area contributed by atoms with E-state index < -0.39 is 0 Å². The van der Waals surface area contributed by atoms with E-state index in [4.69, 9.17) is 26.4 Å². The van der Waals surface area contributed by atoms with Crippen LogP contribution < -0.4 is 14.2 Å². The van der Waals surface area contributed by atoms with Crippen LogP contribution in [0.3, 0.4) is 0 Å². The second kappa shape index (κ2) is 7.85. The first-order valence-electron chi connectivity index (χ1n) is 7.88. The van der Waals surface area contributed by atoms with E-state index in [0.717, 1.165) is 11.4 Å². The molecule has 1 aromatic heterocycles. The number of hydrogen-bond acceptors (Lipinski definition) is 5. The summed E-state index contributed by atoms with van der Waals surface area (Å²) in [6.45, 7) is 2.83. The van der Waals surface area contributed by atoms with Crippen molar-refractivity contribution in [2.24, 2.45) is 0 Å². The summed E-state index contributed by atoms with van der Waals surface area (Å²) in [5, 5.41) is 7.08. The highest BCUT2D eigenvalue weighted by molar-refractivity contribution is 7.71. The zero-order valence-corrected chi connectivity index (χ0v) is 14.9. The number of nitrogens with zero attached hydrogens (tertiary/aromatic N) is 2. The predicted molar refractivity (Wildman–Crippen MR) is 97.2 cm³/mol. The third-order valence-corrected chi connectivity index (χ3v) is 3.85. The molecule has 1 heterocycles. The molecule has 0 spiro atoms. The van der Waals surface area contributed by atoms with Gasteiger partial charge in [-0.2, -0.15) is 5.10 Å². The van der Waals surface area contributed by atoms with Gasteiger partial charge in [0, 0.05) is 0 Å². The highest BCUT2D eigenvalue weighted by Gasteiger charge is 2.11. The van der Waals surface area contributed by atoms with Crippen molar-refractivity contribution >= 4 is 12.2 Å². The lowest BCUT2D eigenvalue weighted by Crippen LogP contribution is -2.06. The molecule has 130 valence electrons. The van der Waals surface area contributed by atoms with Crippen LogP contribution in [0, 0.1) is 4.77 Å². The SMILES string of the molecule is CCOc1ccc(-n2c(COc3ccccc3OC)n[nH]c2=S)cc1. The van der Waals surface area contributed by atoms with Gasteiger partial charge in [-0.3, -0.25) is 9.67 Å². The van der Waals surface area contributed by atoms with Crippen LogP contribution in [-0.2, 0) is 6.61 Å². The van der Waals surface area contributed by atoms with Crippen molar-refractivity contribution in [2.45, 2.75) is 13.5 Å². The first-order valence-corrected chi connectivity index (χ1v) is 8.29. The topological polar surface area (TPSA) is 61.3 Å². The molecule has 0 saturated carbocycles. The van der Waals surface area contributed by atoms with Gasteiger partial charge in [-0.1, -0.05) is 12.1 Å². The molecule has 0 unspecified atom stereocenters. The van der Waals surface area contributed by atoms with Crippen LogP contribution >= 0.6 is 12.2 Å². The van der Waals surface area contributed by atoms with E-state index in [9.17, 15) is 0 Å². The van der Waals surface area contributed by atoms with E-state index >= 15 is 0 Å². The van der Waals surface area contributed by atoms with Gasteiger partial charge in [0.05, 0.1) is 19.4 Å². The molecule has 0 radical (unpaired) electrons. The minimum absolute atomic E-state index is 0.251. The van der Waals surface area contributed by atoms with Crippen LogP contribution in [0.25, 0.3) is 5.69 Å². The minimum Gasteiger partial charge on any atom is -0.494 e. The van der Waals surface area contributed by atoms with Gasteiger partial charge in [0.25, 0.3) is 0 Å². The molecule has 0 atom stereocenters. The molecule has 0 bridgehead atoms. The lowest BCUT2D eigenvalue weighted by Gasteiger charge is -2.11. The number of ether oxygens (including phenoxy) is 3. The van der Waals surface area contributed by atoms with Gasteiger partial charge in [0.15, 0.2) is 22.1 Å². The normalized spacial score (nSPS) is 10.5. The van der Waals surface area contributed by atoms with Gasteiger partial charge < -0.3 is 14.2 Å². The molecule has 0 aliphatic rings. The van der Waals surface area contributed by atoms with Gasteiger partial charge in [-0.05, 0) is 55.5 Å². The number of benzene rings is 2. The third kappa shape index (κ3) is 3.83. The van der Waals surface area contributed by atoms with E-state index in [0.29, 0.717) is 28.7 Å². The Hall–Kier alpha value is -2.80. The van der Waals surface area contributed by atoms with Crippen molar-refractivity contribution in [3.8, 4) is 22.9 Å². The van der Waals surface area contributed by atoms with Crippen LogP contribution in [0.5, 0.6) is 17.2 Å². The fourth-order valence-corrected chi connectivity index (χ4v) is 2.69. The molecule has 6 nitrogen and oxygen atoms in total.